The van der Waals surface area contributed by atoms with Gasteiger partial charge in [0.2, 0.25) is 5.91 Å². The van der Waals surface area contributed by atoms with Gasteiger partial charge in [0.15, 0.2) is 5.54 Å². The molecule has 6 nitrogen and oxygen atoms in total. The molecule has 24 heavy (non-hydrogen) atoms. The van der Waals surface area contributed by atoms with Gasteiger partial charge in [-0.3, -0.25) is 4.79 Å². The number of hydrogen-bond acceptors (Lipinski definition) is 4. The average molecular weight is 357 g/mol. The van der Waals surface area contributed by atoms with E-state index < -0.39 is 38.5 Å². The predicted molar refractivity (Wildman–Crippen MR) is 85.5 cm³/mol. The van der Waals surface area contributed by atoms with Gasteiger partial charge in [0.1, 0.15) is 15.7 Å². The lowest BCUT2D eigenvalue weighted by Crippen LogP contribution is -2.50. The molecule has 1 unspecified atom stereocenters. The van der Waals surface area contributed by atoms with Crippen molar-refractivity contribution in [3.05, 3.63) is 35.6 Å². The van der Waals surface area contributed by atoms with Crippen molar-refractivity contribution in [1.82, 2.24) is 5.32 Å². The highest BCUT2D eigenvalue weighted by molar-refractivity contribution is 7.90. The molecule has 1 aliphatic rings. The molecule has 1 saturated carbocycles. The quantitative estimate of drug-likeness (QED) is 0.769. The number of hydrogen-bond donors (Lipinski definition) is 2. The second-order valence-corrected chi connectivity index (χ2v) is 8.87. The minimum absolute atomic E-state index is 0.0515. The Kier molecular flexibility index (Phi) is 4.72. The van der Waals surface area contributed by atoms with Crippen LogP contribution in [0.4, 0.5) is 4.39 Å². The van der Waals surface area contributed by atoms with E-state index in [0.29, 0.717) is 12.8 Å². The maximum absolute atomic E-state index is 13.0. The molecule has 2 rings (SSSR count). The Morgan fingerprint density at radius 1 is 1.29 bits per heavy atom. The molecule has 1 amide bonds. The van der Waals surface area contributed by atoms with E-state index in [1.54, 1.807) is 0 Å². The maximum atomic E-state index is 13.0. The lowest BCUT2D eigenvalue weighted by atomic mass is 9.91. The lowest BCUT2D eigenvalue weighted by Gasteiger charge is -2.28. The van der Waals surface area contributed by atoms with E-state index in [9.17, 15) is 27.5 Å². The third kappa shape index (κ3) is 4.31. The van der Waals surface area contributed by atoms with E-state index in [0.717, 1.165) is 18.4 Å². The summed E-state index contributed by atoms with van der Waals surface area (Å²) >= 11 is 0. The van der Waals surface area contributed by atoms with E-state index in [1.807, 2.05) is 0 Å². The Balaban J connectivity index is 2.15. The van der Waals surface area contributed by atoms with Gasteiger partial charge in [-0.2, -0.15) is 0 Å². The highest BCUT2D eigenvalue weighted by atomic mass is 32.2. The van der Waals surface area contributed by atoms with Crippen LogP contribution in [0.15, 0.2) is 24.3 Å². The molecule has 0 bridgehead atoms. The number of carbonyl (C=O) groups is 2. The highest BCUT2D eigenvalue weighted by Crippen LogP contribution is 2.49. The van der Waals surface area contributed by atoms with Crippen molar-refractivity contribution in [3.63, 3.8) is 0 Å². The van der Waals surface area contributed by atoms with E-state index in [4.69, 9.17) is 0 Å². The van der Waals surface area contributed by atoms with E-state index >= 15 is 0 Å². The Morgan fingerprint density at radius 3 is 2.25 bits per heavy atom. The number of aliphatic carboxylic acids is 1. The monoisotopic (exact) mass is 357 g/mol. The van der Waals surface area contributed by atoms with Gasteiger partial charge in [-0.1, -0.05) is 12.1 Å². The summed E-state index contributed by atoms with van der Waals surface area (Å²) in [5.41, 5.74) is -2.08. The van der Waals surface area contributed by atoms with Crippen molar-refractivity contribution < 1.29 is 27.5 Å². The summed E-state index contributed by atoms with van der Waals surface area (Å²) < 4.78 is 35.9. The number of sulfone groups is 1. The summed E-state index contributed by atoms with van der Waals surface area (Å²) in [6.45, 7) is 1.32. The standard InChI is InChI=1S/C16H20FNO5S/c1-15(14(20)21,11-3-5-12(17)6-4-11)18-13(19)9-16(7-8-16)10-24(2,22)23/h3-6H,7-10H2,1-2H3,(H,18,19)(H,20,21). The molecule has 8 heteroatoms. The molecule has 1 atom stereocenters. The first-order valence-electron chi connectivity index (χ1n) is 7.44. The zero-order valence-corrected chi connectivity index (χ0v) is 14.3. The van der Waals surface area contributed by atoms with Crippen LogP contribution in [0.3, 0.4) is 0 Å². The Labute approximate surface area is 140 Å². The number of carbonyl (C=O) groups excluding carboxylic acids is 1. The van der Waals surface area contributed by atoms with Crippen molar-refractivity contribution in [1.29, 1.82) is 0 Å². The minimum atomic E-state index is -3.22. The third-order valence-corrected chi connectivity index (χ3v) is 5.44. The second kappa shape index (κ2) is 6.16. The first kappa shape index (κ1) is 18.4. The van der Waals surface area contributed by atoms with Crippen LogP contribution in [0.5, 0.6) is 0 Å². The summed E-state index contributed by atoms with van der Waals surface area (Å²) in [4.78, 5) is 23.9. The molecule has 1 aliphatic carbocycles. The summed E-state index contributed by atoms with van der Waals surface area (Å²) in [6, 6.07) is 4.84. The normalized spacial score (nSPS) is 18.5. The Hall–Kier alpha value is -1.96. The number of nitrogens with one attached hydrogen (secondary N) is 1. The van der Waals surface area contributed by atoms with Gasteiger partial charge in [0.25, 0.3) is 0 Å². The third-order valence-electron chi connectivity index (χ3n) is 4.30. The fourth-order valence-corrected chi connectivity index (χ4v) is 4.30. The van der Waals surface area contributed by atoms with Crippen LogP contribution in [-0.2, 0) is 25.0 Å². The smallest absolute Gasteiger partial charge is 0.333 e. The van der Waals surface area contributed by atoms with Crippen LogP contribution < -0.4 is 5.32 Å². The van der Waals surface area contributed by atoms with E-state index in [1.165, 1.54) is 19.1 Å². The van der Waals surface area contributed by atoms with Crippen molar-refractivity contribution in [2.45, 2.75) is 31.7 Å². The molecule has 1 aromatic rings. The van der Waals surface area contributed by atoms with Gasteiger partial charge in [-0.25, -0.2) is 17.6 Å². The van der Waals surface area contributed by atoms with E-state index in [2.05, 4.69) is 5.32 Å². The molecule has 0 saturated heterocycles. The number of carboxylic acid groups (broad SMARTS) is 1. The fourth-order valence-electron chi connectivity index (χ4n) is 2.80. The molecule has 0 aromatic heterocycles. The molecule has 132 valence electrons. The molecular formula is C16H20FNO5S. The molecule has 1 fully saturated rings. The average Bonchev–Trinajstić information content (AvgIpc) is 3.15. The van der Waals surface area contributed by atoms with Crippen LogP contribution in [0.1, 0.15) is 31.7 Å². The first-order chi connectivity index (χ1) is 11.0. The zero-order chi connectivity index (χ0) is 18.2. The van der Waals surface area contributed by atoms with Gasteiger partial charge in [-0.05, 0) is 42.9 Å². The summed E-state index contributed by atoms with van der Waals surface area (Å²) in [7, 11) is -3.22. The molecule has 0 spiro atoms. The van der Waals surface area contributed by atoms with Crippen molar-refractivity contribution in [3.8, 4) is 0 Å². The van der Waals surface area contributed by atoms with Crippen molar-refractivity contribution >= 4 is 21.7 Å². The number of rotatable bonds is 7. The van der Waals surface area contributed by atoms with Gasteiger partial charge in [0, 0.05) is 12.7 Å². The summed E-state index contributed by atoms with van der Waals surface area (Å²) in [5.74, 6) is -2.42. The van der Waals surface area contributed by atoms with Crippen molar-refractivity contribution in [2.75, 3.05) is 12.0 Å². The van der Waals surface area contributed by atoms with Crippen LogP contribution in [0.25, 0.3) is 0 Å². The molecule has 0 radical (unpaired) electrons. The number of benzene rings is 1. The van der Waals surface area contributed by atoms with Crippen molar-refractivity contribution in [2.24, 2.45) is 5.41 Å². The van der Waals surface area contributed by atoms with Gasteiger partial charge in [-0.15, -0.1) is 0 Å². The second-order valence-electron chi connectivity index (χ2n) is 6.73. The maximum Gasteiger partial charge on any atom is 0.333 e. The van der Waals surface area contributed by atoms with Gasteiger partial charge < -0.3 is 10.4 Å². The molecular weight excluding hydrogens is 337 g/mol. The zero-order valence-electron chi connectivity index (χ0n) is 13.5. The highest BCUT2D eigenvalue weighted by Gasteiger charge is 2.48. The lowest BCUT2D eigenvalue weighted by molar-refractivity contribution is -0.147. The first-order valence-corrected chi connectivity index (χ1v) is 9.50. The molecule has 0 aliphatic heterocycles. The van der Waals surface area contributed by atoms with E-state index in [-0.39, 0.29) is 17.7 Å². The van der Waals surface area contributed by atoms with Gasteiger partial charge in [0.05, 0.1) is 5.75 Å². The molecule has 0 heterocycles. The van der Waals surface area contributed by atoms with Crippen LogP contribution in [0, 0.1) is 11.2 Å². The van der Waals surface area contributed by atoms with Crippen LogP contribution in [0.2, 0.25) is 0 Å². The SMILES string of the molecule is CC(NC(=O)CC1(CS(C)(=O)=O)CC1)(C(=O)O)c1ccc(F)cc1. The predicted octanol–water partition coefficient (Wildman–Crippen LogP) is 1.46. The molecule has 2 N–H and O–H groups in total. The Bertz CT molecular complexity index is 755. The number of carboxylic acids is 1. The minimum Gasteiger partial charge on any atom is -0.479 e. The fraction of sp³-hybridized carbons (Fsp3) is 0.500. The van der Waals surface area contributed by atoms with Crippen LogP contribution in [-0.4, -0.2) is 37.4 Å². The number of halogens is 1. The molecule has 1 aromatic carbocycles. The van der Waals surface area contributed by atoms with Crippen LogP contribution >= 0.6 is 0 Å². The summed E-state index contributed by atoms with van der Waals surface area (Å²) in [6.07, 6.45) is 2.30. The van der Waals surface area contributed by atoms with Gasteiger partial charge >= 0.3 is 5.97 Å². The topological polar surface area (TPSA) is 101 Å². The Morgan fingerprint density at radius 2 is 1.83 bits per heavy atom. The summed E-state index contributed by atoms with van der Waals surface area (Å²) in [5, 5.41) is 12.0. The largest absolute Gasteiger partial charge is 0.479 e. The number of amides is 1.